The fourth-order valence-corrected chi connectivity index (χ4v) is 11.2. The molecule has 0 aromatic rings. The largest absolute Gasteiger partial charge is 0.394 e. The van der Waals surface area contributed by atoms with E-state index in [-0.39, 0.29) is 12.8 Å². The summed E-state index contributed by atoms with van der Waals surface area (Å²) in [6.07, 6.45) is 4.75. The molecule has 3 heterocycles. The summed E-state index contributed by atoms with van der Waals surface area (Å²) in [5.41, 5.74) is 0. The number of rotatable bonds is 49. The van der Waals surface area contributed by atoms with Crippen LogP contribution in [0.15, 0.2) is 0 Å². The average Bonchev–Trinajstić information content (AvgIpc) is 4.10. The van der Waals surface area contributed by atoms with Crippen LogP contribution in [0, 0.1) is 5.92 Å². The summed E-state index contributed by atoms with van der Waals surface area (Å²) >= 11 is 0. The van der Waals surface area contributed by atoms with Gasteiger partial charge in [-0.1, -0.05) is 213 Å². The van der Waals surface area contributed by atoms with Crippen LogP contribution in [0.3, 0.4) is 0 Å². The van der Waals surface area contributed by atoms with Crippen molar-refractivity contribution in [3.8, 4) is 0 Å². The highest BCUT2D eigenvalue weighted by atomic mass is 16.8. The van der Waals surface area contributed by atoms with E-state index in [0.29, 0.717) is 18.8 Å². The molecule has 3 fully saturated rings. The number of hydrogen-bond acceptors (Lipinski definition) is 20. The van der Waals surface area contributed by atoms with Crippen molar-refractivity contribution in [2.24, 2.45) is 5.92 Å². The minimum Gasteiger partial charge on any atom is -0.394 e. The van der Waals surface area contributed by atoms with E-state index in [0.717, 1.165) is 51.4 Å². The summed E-state index contributed by atoms with van der Waals surface area (Å²) in [5.74, 6) is -0.0955. The smallest absolute Gasteiger partial charge is 0.249 e. The SMILES string of the molecule is CCCCCCCCCCCCCCCCCCCCCC[C@@H](O)C(=O)N[C@@H](CO[C@H]1O[C@H](CO)[C@H](O)[C@H](O[C@@H]2O[C@@H]([C@H](O)CO)[C@H](O)[C@H]2O[C@@H]2O[C@@H]([C@H](O)CO)[C@H](O)[C@H]2O)[C@H]1O)[C@H](O)[C@H](O)CCCCCCCCCCCC(C)C. The molecule has 0 radical (unpaired) electrons. The second-order valence-electron chi connectivity index (χ2n) is 24.0. The molecule has 0 spiro atoms. The highest BCUT2D eigenvalue weighted by Gasteiger charge is 2.56. The lowest BCUT2D eigenvalue weighted by molar-refractivity contribution is -0.338. The summed E-state index contributed by atoms with van der Waals surface area (Å²) < 4.78 is 34.6. The van der Waals surface area contributed by atoms with Gasteiger partial charge in [0, 0.05) is 0 Å². The molecule has 0 aromatic carbocycles. The first-order valence-electron chi connectivity index (χ1n) is 31.8. The molecule has 81 heavy (non-hydrogen) atoms. The van der Waals surface area contributed by atoms with Crippen molar-refractivity contribution in [1.82, 2.24) is 5.32 Å². The summed E-state index contributed by atoms with van der Waals surface area (Å²) in [7, 11) is 0. The minimum absolute atomic E-state index is 0.158. The predicted molar refractivity (Wildman–Crippen MR) is 303 cm³/mol. The third-order valence-electron chi connectivity index (χ3n) is 16.5. The number of ether oxygens (including phenoxy) is 6. The summed E-state index contributed by atoms with van der Waals surface area (Å²) in [4.78, 5) is 13.6. The number of hydrogen-bond donors (Lipinski definition) is 14. The van der Waals surface area contributed by atoms with Gasteiger partial charge in [-0.3, -0.25) is 4.79 Å². The van der Waals surface area contributed by atoms with Gasteiger partial charge >= 0.3 is 0 Å². The maximum Gasteiger partial charge on any atom is 0.249 e. The molecule has 3 saturated heterocycles. The van der Waals surface area contributed by atoms with Gasteiger partial charge in [-0.25, -0.2) is 0 Å². The van der Waals surface area contributed by atoms with Crippen LogP contribution in [0.2, 0.25) is 0 Å². The Bertz CT molecular complexity index is 1540. The summed E-state index contributed by atoms with van der Waals surface area (Å²) in [6.45, 7) is 3.49. The van der Waals surface area contributed by atoms with Crippen LogP contribution < -0.4 is 5.32 Å². The molecule has 0 unspecified atom stereocenters. The van der Waals surface area contributed by atoms with E-state index in [1.807, 2.05) is 0 Å². The lowest BCUT2D eigenvalue weighted by Gasteiger charge is -2.43. The zero-order valence-electron chi connectivity index (χ0n) is 49.7. The van der Waals surface area contributed by atoms with Crippen LogP contribution in [0.1, 0.15) is 226 Å². The van der Waals surface area contributed by atoms with Crippen molar-refractivity contribution >= 4 is 5.91 Å². The predicted octanol–water partition coefficient (Wildman–Crippen LogP) is 4.18. The molecule has 21 nitrogen and oxygen atoms in total. The zero-order valence-corrected chi connectivity index (χ0v) is 49.7. The second-order valence-corrected chi connectivity index (χ2v) is 24.0. The van der Waals surface area contributed by atoms with E-state index in [4.69, 9.17) is 28.4 Å². The number of amides is 1. The van der Waals surface area contributed by atoms with Crippen molar-refractivity contribution in [1.29, 1.82) is 0 Å². The number of carbonyl (C=O) groups excluding carboxylic acids is 1. The molecule has 19 atom stereocenters. The molecule has 480 valence electrons. The lowest BCUT2D eigenvalue weighted by atomic mass is 9.98. The Kier molecular flexibility index (Phi) is 39.6. The number of aliphatic hydroxyl groups is 13. The number of carbonyl (C=O) groups is 1. The van der Waals surface area contributed by atoms with Gasteiger partial charge in [0.05, 0.1) is 38.6 Å². The van der Waals surface area contributed by atoms with Crippen molar-refractivity contribution in [3.05, 3.63) is 0 Å². The van der Waals surface area contributed by atoms with Crippen LogP contribution in [-0.2, 0) is 33.2 Å². The highest BCUT2D eigenvalue weighted by Crippen LogP contribution is 2.36. The third kappa shape index (κ3) is 27.5. The lowest BCUT2D eigenvalue weighted by Crippen LogP contribution is -2.62. The maximum absolute atomic E-state index is 13.6. The van der Waals surface area contributed by atoms with E-state index in [2.05, 4.69) is 26.1 Å². The molecule has 1 amide bonds. The van der Waals surface area contributed by atoms with Gasteiger partial charge in [0.25, 0.3) is 0 Å². The molecule has 0 saturated carbocycles. The molecular formula is C60H115NO20. The van der Waals surface area contributed by atoms with Crippen LogP contribution in [0.25, 0.3) is 0 Å². The Balaban J connectivity index is 1.57. The molecule has 21 heteroatoms. The number of nitrogens with one attached hydrogen (secondary N) is 1. The fraction of sp³-hybridized carbons (Fsp3) is 0.983. The van der Waals surface area contributed by atoms with Crippen LogP contribution in [0.5, 0.6) is 0 Å². The first-order valence-corrected chi connectivity index (χ1v) is 31.8. The quantitative estimate of drug-likeness (QED) is 0.0380. The fourth-order valence-electron chi connectivity index (χ4n) is 11.2. The van der Waals surface area contributed by atoms with Gasteiger partial charge in [-0.2, -0.15) is 0 Å². The Hall–Kier alpha value is -1.29. The molecule has 0 bridgehead atoms. The molecule has 0 aliphatic carbocycles. The Morgan fingerprint density at radius 2 is 0.889 bits per heavy atom. The molecule has 3 aliphatic rings. The number of aliphatic hydroxyl groups excluding tert-OH is 13. The standard InChI is InChI=1S/C60H115NO20/c1-4-5-6-7-8-9-10-11-12-13-14-15-16-17-18-19-22-26-29-32-35-43(66)57(75)61-41(47(69)42(65)34-31-28-25-23-20-21-24-27-30-33-40(2)3)39-76-58-52(74)55(48(70)46(38-64)77-58)80-60-56(51(73)54(79-60)45(68)37-63)81-59-50(72)49(71)53(78-59)44(67)36-62/h40-56,58-60,62-74H,4-39H2,1-3H3,(H,61,75)/t41-,42+,43+,44+,45+,46+,47-,48-,49+,50+,51-,52+,53-,54-,55-,56+,58-,59-,60-/m0/s1. The van der Waals surface area contributed by atoms with Crippen LogP contribution in [-0.4, -0.2) is 215 Å². The Morgan fingerprint density at radius 3 is 1.35 bits per heavy atom. The van der Waals surface area contributed by atoms with Crippen molar-refractivity contribution in [3.63, 3.8) is 0 Å². The van der Waals surface area contributed by atoms with E-state index in [1.54, 1.807) is 0 Å². The van der Waals surface area contributed by atoms with E-state index in [1.165, 1.54) is 128 Å². The van der Waals surface area contributed by atoms with E-state index < -0.39 is 149 Å². The van der Waals surface area contributed by atoms with Gasteiger partial charge in [0.15, 0.2) is 18.9 Å². The molecule has 3 aliphatic heterocycles. The van der Waals surface area contributed by atoms with Crippen LogP contribution in [0.4, 0.5) is 0 Å². The van der Waals surface area contributed by atoms with E-state index >= 15 is 0 Å². The molecule has 0 aromatic heterocycles. The van der Waals surface area contributed by atoms with Gasteiger partial charge in [0.2, 0.25) is 5.91 Å². The Labute approximate surface area is 484 Å². The summed E-state index contributed by atoms with van der Waals surface area (Å²) in [6, 6.07) is -1.37. The van der Waals surface area contributed by atoms with Gasteiger partial charge < -0.3 is 100 Å². The van der Waals surface area contributed by atoms with Crippen molar-refractivity contribution in [2.45, 2.75) is 343 Å². The Morgan fingerprint density at radius 1 is 0.469 bits per heavy atom. The molecule has 3 rings (SSSR count). The van der Waals surface area contributed by atoms with Gasteiger partial charge in [0.1, 0.15) is 85.5 Å². The van der Waals surface area contributed by atoms with Crippen molar-refractivity contribution in [2.75, 3.05) is 26.4 Å². The minimum atomic E-state index is -1.96. The summed E-state index contributed by atoms with van der Waals surface area (Å²) in [5, 5.41) is 142. The zero-order chi connectivity index (χ0) is 59.5. The second kappa shape index (κ2) is 43.4. The normalized spacial score (nSPS) is 29.3. The average molecular weight is 1170 g/mol. The van der Waals surface area contributed by atoms with Crippen LogP contribution >= 0.6 is 0 Å². The van der Waals surface area contributed by atoms with Gasteiger partial charge in [-0.05, 0) is 18.8 Å². The number of unbranched alkanes of at least 4 members (excludes halogenated alkanes) is 27. The molecule has 14 N–H and O–H groups in total. The topological polar surface area (TPSA) is 347 Å². The maximum atomic E-state index is 13.6. The molecular weight excluding hydrogens is 1050 g/mol. The van der Waals surface area contributed by atoms with Gasteiger partial charge in [-0.15, -0.1) is 0 Å². The van der Waals surface area contributed by atoms with Crippen molar-refractivity contribution < 1.29 is 99.6 Å². The van der Waals surface area contributed by atoms with E-state index in [9.17, 15) is 71.2 Å². The first kappa shape index (κ1) is 74.0. The first-order chi connectivity index (χ1) is 39.0. The monoisotopic (exact) mass is 1170 g/mol. The highest BCUT2D eigenvalue weighted by molar-refractivity contribution is 5.80. The third-order valence-corrected chi connectivity index (χ3v) is 16.5.